The van der Waals surface area contributed by atoms with Crippen LogP contribution >= 0.6 is 12.4 Å². The molecule has 1 atom stereocenters. The number of hydrogen-bond acceptors (Lipinski definition) is 3. The van der Waals surface area contributed by atoms with Crippen LogP contribution in [0.5, 0.6) is 0 Å². The molecule has 1 fully saturated rings. The number of nitrogens with zero attached hydrogens (tertiary/aromatic N) is 1. The molecule has 1 heterocycles. The number of nitrogens with two attached hydrogens (primary N) is 1. The third-order valence-electron chi connectivity index (χ3n) is 3.55. The summed E-state index contributed by atoms with van der Waals surface area (Å²) < 4.78 is 26.5. The van der Waals surface area contributed by atoms with Gasteiger partial charge < -0.3 is 5.73 Å². The molecule has 2 N–H and O–H groups in total. The Kier molecular flexibility index (Phi) is 4.34. The summed E-state index contributed by atoms with van der Waals surface area (Å²) in [6.07, 6.45) is 0.729. The second-order valence-corrected chi connectivity index (χ2v) is 6.86. The van der Waals surface area contributed by atoms with Crippen molar-refractivity contribution in [2.75, 3.05) is 13.1 Å². The average Bonchev–Trinajstić information content (AvgIpc) is 2.85. The van der Waals surface area contributed by atoms with E-state index in [1.807, 2.05) is 30.3 Å². The minimum atomic E-state index is -3.41. The molecule has 4 nitrogen and oxygen atoms in total. The molecule has 3 rings (SSSR count). The fourth-order valence-electron chi connectivity index (χ4n) is 2.45. The summed E-state index contributed by atoms with van der Waals surface area (Å²) in [6.45, 7) is 0.922. The van der Waals surface area contributed by atoms with E-state index in [0.717, 1.165) is 17.2 Å². The fraction of sp³-hybridized carbons (Fsp3) is 0.286. The lowest BCUT2D eigenvalue weighted by Gasteiger charge is -2.16. The van der Waals surface area contributed by atoms with E-state index in [2.05, 4.69) is 0 Å². The van der Waals surface area contributed by atoms with Crippen LogP contribution in [-0.4, -0.2) is 31.9 Å². The molecule has 0 bridgehead atoms. The van der Waals surface area contributed by atoms with Crippen LogP contribution in [-0.2, 0) is 10.0 Å². The number of sulfonamides is 1. The van der Waals surface area contributed by atoms with Crippen molar-refractivity contribution in [3.8, 4) is 0 Å². The molecule has 1 aliphatic heterocycles. The maximum absolute atomic E-state index is 12.5. The topological polar surface area (TPSA) is 63.4 Å². The van der Waals surface area contributed by atoms with Crippen molar-refractivity contribution in [1.82, 2.24) is 4.31 Å². The highest BCUT2D eigenvalue weighted by Crippen LogP contribution is 2.24. The van der Waals surface area contributed by atoms with Crippen molar-refractivity contribution in [2.24, 2.45) is 5.73 Å². The molecule has 2 aromatic carbocycles. The van der Waals surface area contributed by atoms with Crippen molar-refractivity contribution < 1.29 is 8.42 Å². The Morgan fingerprint density at radius 1 is 1.10 bits per heavy atom. The van der Waals surface area contributed by atoms with Crippen molar-refractivity contribution in [1.29, 1.82) is 0 Å². The Labute approximate surface area is 125 Å². The standard InChI is InChI=1S/C14H16N2O2S.ClH/c15-13-7-8-16(10-13)19(17,18)14-6-5-11-3-1-2-4-12(11)9-14;/h1-6,9,13H,7-8,10,15H2;1H. The predicted octanol–water partition coefficient (Wildman–Crippen LogP) is 1.98. The van der Waals surface area contributed by atoms with Gasteiger partial charge in [-0.05, 0) is 29.3 Å². The summed E-state index contributed by atoms with van der Waals surface area (Å²) in [6, 6.07) is 12.9. The summed E-state index contributed by atoms with van der Waals surface area (Å²) >= 11 is 0. The quantitative estimate of drug-likeness (QED) is 0.922. The van der Waals surface area contributed by atoms with Crippen LogP contribution in [0.4, 0.5) is 0 Å². The number of hydrogen-bond donors (Lipinski definition) is 1. The highest BCUT2D eigenvalue weighted by atomic mass is 35.5. The molecule has 0 aromatic heterocycles. The normalized spacial score (nSPS) is 19.9. The van der Waals surface area contributed by atoms with Gasteiger partial charge in [-0.1, -0.05) is 30.3 Å². The zero-order valence-electron chi connectivity index (χ0n) is 10.9. The SMILES string of the molecule is Cl.NC1CCN(S(=O)(=O)c2ccc3ccccc3c2)C1. The van der Waals surface area contributed by atoms with Gasteiger partial charge in [0, 0.05) is 19.1 Å². The van der Waals surface area contributed by atoms with Crippen LogP contribution in [0.15, 0.2) is 47.4 Å². The van der Waals surface area contributed by atoms with Crippen LogP contribution in [0.1, 0.15) is 6.42 Å². The largest absolute Gasteiger partial charge is 0.326 e. The fourth-order valence-corrected chi connectivity index (χ4v) is 4.00. The summed E-state index contributed by atoms with van der Waals surface area (Å²) in [5.41, 5.74) is 5.78. The smallest absolute Gasteiger partial charge is 0.243 e. The molecule has 0 radical (unpaired) electrons. The van der Waals surface area contributed by atoms with Gasteiger partial charge in [0.1, 0.15) is 0 Å². The lowest BCUT2D eigenvalue weighted by Crippen LogP contribution is -2.31. The molecular weight excluding hydrogens is 296 g/mol. The lowest BCUT2D eigenvalue weighted by molar-refractivity contribution is 0.472. The Hall–Kier alpha value is -1.14. The Bertz CT molecular complexity index is 718. The first-order valence-electron chi connectivity index (χ1n) is 6.32. The van der Waals surface area contributed by atoms with Crippen LogP contribution < -0.4 is 5.73 Å². The van der Waals surface area contributed by atoms with E-state index in [0.29, 0.717) is 18.0 Å². The summed E-state index contributed by atoms with van der Waals surface area (Å²) in [4.78, 5) is 0.348. The van der Waals surface area contributed by atoms with Crippen molar-refractivity contribution in [3.63, 3.8) is 0 Å². The van der Waals surface area contributed by atoms with Crippen LogP contribution in [0.2, 0.25) is 0 Å². The molecule has 1 unspecified atom stereocenters. The van der Waals surface area contributed by atoms with Gasteiger partial charge in [0.15, 0.2) is 0 Å². The predicted molar refractivity (Wildman–Crippen MR) is 82.5 cm³/mol. The van der Waals surface area contributed by atoms with E-state index in [-0.39, 0.29) is 18.4 Å². The van der Waals surface area contributed by atoms with Gasteiger partial charge in [0.25, 0.3) is 0 Å². The van der Waals surface area contributed by atoms with E-state index in [9.17, 15) is 8.42 Å². The molecule has 1 aliphatic rings. The highest BCUT2D eigenvalue weighted by Gasteiger charge is 2.30. The van der Waals surface area contributed by atoms with E-state index in [4.69, 9.17) is 5.73 Å². The molecule has 6 heteroatoms. The van der Waals surface area contributed by atoms with Crippen molar-refractivity contribution in [3.05, 3.63) is 42.5 Å². The van der Waals surface area contributed by atoms with Gasteiger partial charge in [-0.15, -0.1) is 12.4 Å². The maximum atomic E-state index is 12.5. The van der Waals surface area contributed by atoms with Gasteiger partial charge in [0.05, 0.1) is 4.90 Å². The first-order valence-corrected chi connectivity index (χ1v) is 7.76. The molecular formula is C14H17ClN2O2S. The molecule has 20 heavy (non-hydrogen) atoms. The summed E-state index contributed by atoms with van der Waals surface area (Å²) in [7, 11) is -3.41. The number of rotatable bonds is 2. The van der Waals surface area contributed by atoms with E-state index >= 15 is 0 Å². The van der Waals surface area contributed by atoms with Crippen LogP contribution in [0.3, 0.4) is 0 Å². The second kappa shape index (κ2) is 5.69. The minimum absolute atomic E-state index is 0. The second-order valence-electron chi connectivity index (χ2n) is 4.92. The van der Waals surface area contributed by atoms with Gasteiger partial charge in [0.2, 0.25) is 10.0 Å². The molecule has 1 saturated heterocycles. The lowest BCUT2D eigenvalue weighted by atomic mass is 10.1. The van der Waals surface area contributed by atoms with E-state index in [1.165, 1.54) is 4.31 Å². The zero-order chi connectivity index (χ0) is 13.5. The van der Waals surface area contributed by atoms with Gasteiger partial charge in [-0.2, -0.15) is 4.31 Å². The Morgan fingerprint density at radius 2 is 1.80 bits per heavy atom. The molecule has 2 aromatic rings. The monoisotopic (exact) mass is 312 g/mol. The van der Waals surface area contributed by atoms with Gasteiger partial charge in [-0.25, -0.2) is 8.42 Å². The molecule has 0 saturated carbocycles. The number of halogens is 1. The van der Waals surface area contributed by atoms with Gasteiger partial charge >= 0.3 is 0 Å². The first-order chi connectivity index (χ1) is 9.07. The zero-order valence-corrected chi connectivity index (χ0v) is 12.5. The average molecular weight is 313 g/mol. The van der Waals surface area contributed by atoms with Crippen molar-refractivity contribution >= 4 is 33.2 Å². The minimum Gasteiger partial charge on any atom is -0.326 e. The van der Waals surface area contributed by atoms with Crippen molar-refractivity contribution in [2.45, 2.75) is 17.4 Å². The molecule has 0 amide bonds. The Morgan fingerprint density at radius 3 is 2.45 bits per heavy atom. The summed E-state index contributed by atoms with van der Waals surface area (Å²) in [5.74, 6) is 0. The highest BCUT2D eigenvalue weighted by molar-refractivity contribution is 7.89. The molecule has 0 spiro atoms. The third kappa shape index (κ3) is 2.67. The van der Waals surface area contributed by atoms with E-state index in [1.54, 1.807) is 12.1 Å². The van der Waals surface area contributed by atoms with E-state index < -0.39 is 10.0 Å². The maximum Gasteiger partial charge on any atom is 0.243 e. The third-order valence-corrected chi connectivity index (χ3v) is 5.41. The number of fused-ring (bicyclic) bond motifs is 1. The Balaban J connectivity index is 0.00000147. The van der Waals surface area contributed by atoms with Crippen LogP contribution in [0.25, 0.3) is 10.8 Å². The van der Waals surface area contributed by atoms with Gasteiger partial charge in [-0.3, -0.25) is 0 Å². The molecule has 0 aliphatic carbocycles. The summed E-state index contributed by atoms with van der Waals surface area (Å²) in [5, 5.41) is 1.98. The molecule has 108 valence electrons. The number of benzene rings is 2. The first kappa shape index (κ1) is 15.3. The van der Waals surface area contributed by atoms with Crippen LogP contribution in [0, 0.1) is 0 Å².